The molecule has 1 N–H and O–H groups in total. The second kappa shape index (κ2) is 6.86. The molecule has 0 saturated carbocycles. The number of nitro groups is 1. The van der Waals surface area contributed by atoms with Crippen LogP contribution in [-0.2, 0) is 19.9 Å². The molecule has 1 spiro atoms. The van der Waals surface area contributed by atoms with E-state index in [-0.39, 0.29) is 29.1 Å². The van der Waals surface area contributed by atoms with Gasteiger partial charge in [-0.15, -0.1) is 0 Å². The quantitative estimate of drug-likeness (QED) is 0.422. The number of non-ortho nitro benzene ring substituents is 1. The van der Waals surface area contributed by atoms with Gasteiger partial charge in [-0.1, -0.05) is 17.7 Å². The van der Waals surface area contributed by atoms with E-state index in [9.17, 15) is 24.5 Å². The van der Waals surface area contributed by atoms with E-state index in [1.54, 1.807) is 0 Å². The van der Waals surface area contributed by atoms with E-state index >= 15 is 0 Å². The van der Waals surface area contributed by atoms with Gasteiger partial charge in [0.15, 0.2) is 0 Å². The van der Waals surface area contributed by atoms with Gasteiger partial charge in [0.2, 0.25) is 17.7 Å². The Morgan fingerprint density at radius 3 is 2.68 bits per heavy atom. The van der Waals surface area contributed by atoms with Gasteiger partial charge in [-0.3, -0.25) is 29.4 Å². The highest BCUT2D eigenvalue weighted by Crippen LogP contribution is 2.61. The summed E-state index contributed by atoms with van der Waals surface area (Å²) in [7, 11) is 1.33. The van der Waals surface area contributed by atoms with Gasteiger partial charge in [0.1, 0.15) is 11.3 Å². The molecule has 174 valence electrons. The van der Waals surface area contributed by atoms with Crippen LogP contribution >= 0.6 is 0 Å². The maximum atomic E-state index is 14.0. The van der Waals surface area contributed by atoms with Gasteiger partial charge in [0.05, 0.1) is 35.6 Å². The first-order valence-electron chi connectivity index (χ1n) is 11.2. The summed E-state index contributed by atoms with van der Waals surface area (Å²) in [4.78, 5) is 55.3. The molecule has 3 saturated heterocycles. The molecule has 0 aromatic heterocycles. The van der Waals surface area contributed by atoms with E-state index < -0.39 is 34.1 Å². The van der Waals surface area contributed by atoms with E-state index in [1.165, 1.54) is 25.3 Å². The lowest BCUT2D eigenvalue weighted by Crippen LogP contribution is -2.54. The van der Waals surface area contributed by atoms with Crippen molar-refractivity contribution in [1.29, 1.82) is 0 Å². The summed E-state index contributed by atoms with van der Waals surface area (Å²) in [6.07, 6.45) is 1.54. The van der Waals surface area contributed by atoms with Crippen molar-refractivity contribution >= 4 is 34.8 Å². The van der Waals surface area contributed by atoms with Crippen LogP contribution in [-0.4, -0.2) is 47.2 Å². The minimum atomic E-state index is -1.26. The molecule has 2 aromatic carbocycles. The fourth-order valence-corrected chi connectivity index (χ4v) is 6.52. The monoisotopic (exact) mass is 462 g/mol. The molecule has 6 rings (SSSR count). The lowest BCUT2D eigenvalue weighted by Gasteiger charge is -2.36. The third-order valence-electron chi connectivity index (χ3n) is 7.76. The Morgan fingerprint density at radius 1 is 1.15 bits per heavy atom. The zero-order valence-corrected chi connectivity index (χ0v) is 18.6. The van der Waals surface area contributed by atoms with Crippen molar-refractivity contribution in [3.05, 3.63) is 57.6 Å². The summed E-state index contributed by atoms with van der Waals surface area (Å²) in [5.41, 5.74) is 1.03. The van der Waals surface area contributed by atoms with E-state index in [1.807, 2.05) is 25.1 Å². The third-order valence-corrected chi connectivity index (χ3v) is 7.76. The minimum Gasteiger partial charge on any atom is -0.494 e. The first-order chi connectivity index (χ1) is 16.3. The summed E-state index contributed by atoms with van der Waals surface area (Å²) in [5, 5.41) is 14.2. The minimum absolute atomic E-state index is 0.0559. The number of carbonyl (C=O) groups excluding carboxylic acids is 3. The van der Waals surface area contributed by atoms with E-state index in [0.717, 1.165) is 22.4 Å². The smallest absolute Gasteiger partial charge is 0.273 e. The number of aryl methyl sites for hydroxylation is 1. The largest absolute Gasteiger partial charge is 0.494 e. The van der Waals surface area contributed by atoms with E-state index in [4.69, 9.17) is 4.74 Å². The molecule has 4 heterocycles. The number of carbonyl (C=O) groups is 3. The molecular weight excluding hydrogens is 440 g/mol. The Bertz CT molecular complexity index is 1310. The number of methoxy groups -OCH3 is 1. The van der Waals surface area contributed by atoms with Gasteiger partial charge in [0.25, 0.3) is 5.69 Å². The number of ether oxygens (including phenoxy) is 1. The number of amides is 3. The Hall–Kier alpha value is -3.79. The molecule has 34 heavy (non-hydrogen) atoms. The number of benzene rings is 2. The summed E-state index contributed by atoms with van der Waals surface area (Å²) < 4.78 is 5.32. The van der Waals surface area contributed by atoms with Crippen LogP contribution in [0.1, 0.15) is 24.0 Å². The van der Waals surface area contributed by atoms with Crippen molar-refractivity contribution in [2.75, 3.05) is 23.9 Å². The number of nitrogens with one attached hydrogen (secondary N) is 1. The Morgan fingerprint density at radius 2 is 1.94 bits per heavy atom. The first-order valence-corrected chi connectivity index (χ1v) is 11.2. The Labute approximate surface area is 194 Å². The van der Waals surface area contributed by atoms with Crippen molar-refractivity contribution in [2.24, 2.45) is 11.8 Å². The molecule has 10 heteroatoms. The van der Waals surface area contributed by atoms with Crippen LogP contribution in [0.3, 0.4) is 0 Å². The van der Waals surface area contributed by atoms with Crippen LogP contribution in [0, 0.1) is 28.9 Å². The van der Waals surface area contributed by atoms with Crippen LogP contribution < -0.4 is 15.0 Å². The number of fused-ring (bicyclic) bond motifs is 7. The fourth-order valence-electron chi connectivity index (χ4n) is 6.52. The van der Waals surface area contributed by atoms with Crippen molar-refractivity contribution in [3.63, 3.8) is 0 Å². The van der Waals surface area contributed by atoms with Crippen LogP contribution in [0.15, 0.2) is 36.4 Å². The van der Waals surface area contributed by atoms with Gasteiger partial charge in [0, 0.05) is 23.4 Å². The zero-order chi connectivity index (χ0) is 23.9. The second-order valence-corrected chi connectivity index (χ2v) is 9.30. The molecule has 3 fully saturated rings. The zero-order valence-electron chi connectivity index (χ0n) is 18.6. The van der Waals surface area contributed by atoms with Crippen LogP contribution in [0.4, 0.5) is 17.1 Å². The molecule has 4 atom stereocenters. The van der Waals surface area contributed by atoms with E-state index in [2.05, 4.69) is 10.2 Å². The number of imide groups is 1. The van der Waals surface area contributed by atoms with Crippen LogP contribution in [0.2, 0.25) is 0 Å². The van der Waals surface area contributed by atoms with Gasteiger partial charge in [-0.2, -0.15) is 0 Å². The SMILES string of the molecule is COc1cc([N+](=O)[O-])ccc1N1C(=O)[C@@H]2[C@@H]3CCCN3[C@]3(C(=O)Nc4ccc(C)cc43)[C@H]2C1=O. The number of hydrogen-bond donors (Lipinski definition) is 1. The van der Waals surface area contributed by atoms with Crippen molar-refractivity contribution < 1.29 is 24.0 Å². The molecule has 4 aliphatic heterocycles. The van der Waals surface area contributed by atoms with Crippen LogP contribution in [0.25, 0.3) is 0 Å². The first kappa shape index (κ1) is 20.8. The topological polar surface area (TPSA) is 122 Å². The number of anilines is 2. The average molecular weight is 462 g/mol. The lowest BCUT2D eigenvalue weighted by atomic mass is 9.75. The molecule has 0 aliphatic carbocycles. The highest BCUT2D eigenvalue weighted by atomic mass is 16.6. The lowest BCUT2D eigenvalue weighted by molar-refractivity contribution is -0.384. The predicted molar refractivity (Wildman–Crippen MR) is 120 cm³/mol. The molecule has 4 aliphatic rings. The molecule has 3 amide bonds. The molecule has 0 unspecified atom stereocenters. The summed E-state index contributed by atoms with van der Waals surface area (Å²) in [5.74, 6) is -2.70. The second-order valence-electron chi connectivity index (χ2n) is 9.30. The predicted octanol–water partition coefficient (Wildman–Crippen LogP) is 2.34. The molecule has 2 aromatic rings. The number of hydrogen-bond acceptors (Lipinski definition) is 7. The average Bonchev–Trinajstić information content (AvgIpc) is 3.52. The van der Waals surface area contributed by atoms with Gasteiger partial charge in [-0.25, -0.2) is 4.90 Å². The summed E-state index contributed by atoms with van der Waals surface area (Å²) >= 11 is 0. The molecule has 10 nitrogen and oxygen atoms in total. The van der Waals surface area contributed by atoms with Gasteiger partial charge < -0.3 is 10.1 Å². The molecule has 0 bridgehead atoms. The maximum absolute atomic E-state index is 14.0. The van der Waals surface area contributed by atoms with Crippen molar-refractivity contribution in [3.8, 4) is 5.75 Å². The normalized spacial score (nSPS) is 29.4. The number of nitro benzene ring substituents is 1. The fraction of sp³-hybridized carbons (Fsp3) is 0.375. The standard InChI is InChI=1S/C24H22N4O6/c1-12-5-7-15-14(10-12)24(23(31)25-15)20-19(17-4-3-9-26(17)24)21(29)27(22(20)30)16-8-6-13(28(32)33)11-18(16)34-2/h5-8,10-11,17,19-20H,3-4,9H2,1-2H3,(H,25,31)/t17-,19+,20+,24-/m0/s1. The summed E-state index contributed by atoms with van der Waals surface area (Å²) in [6, 6.07) is 9.23. The van der Waals surface area contributed by atoms with Gasteiger partial charge >= 0.3 is 0 Å². The van der Waals surface area contributed by atoms with Crippen LogP contribution in [0.5, 0.6) is 5.75 Å². The Balaban J connectivity index is 1.53. The van der Waals surface area contributed by atoms with E-state index in [0.29, 0.717) is 18.7 Å². The summed E-state index contributed by atoms with van der Waals surface area (Å²) in [6.45, 7) is 2.56. The third kappa shape index (κ3) is 2.35. The Kier molecular flexibility index (Phi) is 4.20. The number of rotatable bonds is 3. The van der Waals surface area contributed by atoms with Crippen molar-refractivity contribution in [2.45, 2.75) is 31.3 Å². The molecular formula is C24H22N4O6. The van der Waals surface area contributed by atoms with Gasteiger partial charge in [-0.05, 0) is 38.4 Å². The highest BCUT2D eigenvalue weighted by molar-refractivity contribution is 6.26. The van der Waals surface area contributed by atoms with Crippen molar-refractivity contribution in [1.82, 2.24) is 4.90 Å². The highest BCUT2D eigenvalue weighted by Gasteiger charge is 2.74. The number of nitrogens with zero attached hydrogens (tertiary/aromatic N) is 3. The molecule has 0 radical (unpaired) electrons. The maximum Gasteiger partial charge on any atom is 0.273 e.